The van der Waals surface area contributed by atoms with Crippen molar-refractivity contribution in [1.82, 2.24) is 10.2 Å². The molecule has 0 aliphatic carbocycles. The summed E-state index contributed by atoms with van der Waals surface area (Å²) in [5, 5.41) is 11.8. The summed E-state index contributed by atoms with van der Waals surface area (Å²) in [6.07, 6.45) is 0.0488. The van der Waals surface area contributed by atoms with E-state index in [1.807, 2.05) is 0 Å². The van der Waals surface area contributed by atoms with E-state index in [0.717, 1.165) is 0 Å². The number of likely N-dealkylation sites (tertiary alicyclic amines) is 1. The normalized spacial score (nSPS) is 17.9. The van der Waals surface area contributed by atoms with Gasteiger partial charge in [-0.1, -0.05) is 0 Å². The van der Waals surface area contributed by atoms with E-state index < -0.39 is 11.1 Å². The Morgan fingerprint density at radius 2 is 1.94 bits per heavy atom. The maximum atomic E-state index is 11.7. The van der Waals surface area contributed by atoms with Crippen molar-refractivity contribution in [3.63, 3.8) is 0 Å². The van der Waals surface area contributed by atoms with Gasteiger partial charge in [0.05, 0.1) is 5.54 Å². The number of ether oxygens (including phenoxy) is 1. The lowest BCUT2D eigenvalue weighted by atomic mass is 9.86. The highest BCUT2D eigenvalue weighted by atomic mass is 16.6. The maximum absolute atomic E-state index is 11.7. The Hall–Kier alpha value is -1.30. The molecule has 0 bridgehead atoms. The topological polar surface area (TPSA) is 78.9 Å². The summed E-state index contributed by atoms with van der Waals surface area (Å²) in [6, 6.07) is 0. The van der Waals surface area contributed by atoms with Crippen molar-refractivity contribution in [3.8, 4) is 0 Å². The SMILES string of the molecule is CC(=O)NC1(CCO)CN(C(=O)OC(C)(C)C)C1. The van der Waals surface area contributed by atoms with Gasteiger partial charge in [-0.25, -0.2) is 4.79 Å². The fraction of sp³-hybridized carbons (Fsp3) is 0.833. The van der Waals surface area contributed by atoms with Crippen LogP contribution in [0.2, 0.25) is 0 Å². The van der Waals surface area contributed by atoms with Crippen molar-refractivity contribution in [3.05, 3.63) is 0 Å². The van der Waals surface area contributed by atoms with Crippen molar-refractivity contribution >= 4 is 12.0 Å². The van der Waals surface area contributed by atoms with Crippen molar-refractivity contribution in [2.24, 2.45) is 0 Å². The minimum absolute atomic E-state index is 0.0254. The molecule has 1 aliphatic heterocycles. The number of carbonyl (C=O) groups excluding carboxylic acids is 2. The lowest BCUT2D eigenvalue weighted by Crippen LogP contribution is -2.71. The van der Waals surface area contributed by atoms with Gasteiger partial charge in [0, 0.05) is 26.6 Å². The third kappa shape index (κ3) is 3.87. The molecule has 0 aromatic carbocycles. The van der Waals surface area contributed by atoms with Crippen LogP contribution in [0.3, 0.4) is 0 Å². The second kappa shape index (κ2) is 5.14. The third-order valence-electron chi connectivity index (χ3n) is 2.67. The minimum Gasteiger partial charge on any atom is -0.444 e. The van der Waals surface area contributed by atoms with Crippen LogP contribution < -0.4 is 5.32 Å². The molecule has 2 amide bonds. The second-order valence-electron chi connectivity index (χ2n) is 5.77. The van der Waals surface area contributed by atoms with E-state index in [2.05, 4.69) is 5.32 Å². The van der Waals surface area contributed by atoms with E-state index in [4.69, 9.17) is 9.84 Å². The van der Waals surface area contributed by atoms with Gasteiger partial charge in [0.15, 0.2) is 0 Å². The first kappa shape index (κ1) is 14.8. The van der Waals surface area contributed by atoms with E-state index in [1.54, 1.807) is 20.8 Å². The van der Waals surface area contributed by atoms with Crippen molar-refractivity contribution < 1.29 is 19.4 Å². The molecule has 6 heteroatoms. The smallest absolute Gasteiger partial charge is 0.410 e. The summed E-state index contributed by atoms with van der Waals surface area (Å²) in [6.45, 7) is 7.57. The standard InChI is InChI=1S/C12H22N2O4/c1-9(16)13-12(5-6-15)7-14(8-12)10(17)18-11(2,3)4/h15H,5-8H2,1-4H3,(H,13,16). The highest BCUT2D eigenvalue weighted by molar-refractivity contribution is 5.75. The van der Waals surface area contributed by atoms with Crippen LogP contribution >= 0.6 is 0 Å². The Bertz CT molecular complexity index is 329. The molecule has 0 aromatic rings. The average Bonchev–Trinajstić information content (AvgIpc) is 2.09. The maximum Gasteiger partial charge on any atom is 0.410 e. The number of aliphatic hydroxyl groups excluding tert-OH is 1. The Kier molecular flexibility index (Phi) is 4.21. The largest absolute Gasteiger partial charge is 0.444 e. The van der Waals surface area contributed by atoms with E-state index in [0.29, 0.717) is 19.5 Å². The van der Waals surface area contributed by atoms with Crippen molar-refractivity contribution in [2.75, 3.05) is 19.7 Å². The summed E-state index contributed by atoms with van der Waals surface area (Å²) >= 11 is 0. The molecule has 1 rings (SSSR count). The quantitative estimate of drug-likeness (QED) is 0.772. The minimum atomic E-state index is -0.527. The van der Waals surface area contributed by atoms with Crippen LogP contribution in [0.15, 0.2) is 0 Å². The first-order valence-electron chi connectivity index (χ1n) is 6.05. The van der Waals surface area contributed by atoms with Crippen molar-refractivity contribution in [1.29, 1.82) is 0 Å². The van der Waals surface area contributed by atoms with E-state index in [9.17, 15) is 9.59 Å². The molecule has 18 heavy (non-hydrogen) atoms. The molecule has 6 nitrogen and oxygen atoms in total. The number of amides is 2. The fourth-order valence-corrected chi connectivity index (χ4v) is 2.03. The molecule has 1 saturated heterocycles. The Balaban J connectivity index is 2.53. The lowest BCUT2D eigenvalue weighted by Gasteiger charge is -2.50. The molecule has 0 aromatic heterocycles. The van der Waals surface area contributed by atoms with Crippen LogP contribution in [0.25, 0.3) is 0 Å². The zero-order chi connectivity index (χ0) is 14.0. The molecule has 2 N–H and O–H groups in total. The number of hydrogen-bond acceptors (Lipinski definition) is 4. The summed E-state index contributed by atoms with van der Waals surface area (Å²) in [7, 11) is 0. The molecule has 1 aliphatic rings. The van der Waals surface area contributed by atoms with E-state index in [1.165, 1.54) is 11.8 Å². The summed E-state index contributed by atoms with van der Waals surface area (Å²) in [4.78, 5) is 24.4. The Labute approximate surface area is 107 Å². The van der Waals surface area contributed by atoms with Crippen LogP contribution in [-0.4, -0.2) is 52.8 Å². The number of rotatable bonds is 3. The predicted molar refractivity (Wildman–Crippen MR) is 66.1 cm³/mol. The van der Waals surface area contributed by atoms with Crippen molar-refractivity contribution in [2.45, 2.75) is 45.3 Å². The molecule has 0 atom stereocenters. The Morgan fingerprint density at radius 1 is 1.39 bits per heavy atom. The van der Waals surface area contributed by atoms with E-state index >= 15 is 0 Å². The molecular weight excluding hydrogens is 236 g/mol. The molecule has 0 unspecified atom stereocenters. The molecule has 0 saturated carbocycles. The highest BCUT2D eigenvalue weighted by Gasteiger charge is 2.46. The number of nitrogens with one attached hydrogen (secondary N) is 1. The van der Waals surface area contributed by atoms with E-state index in [-0.39, 0.29) is 18.6 Å². The number of aliphatic hydroxyl groups is 1. The van der Waals surface area contributed by atoms with Gasteiger partial charge in [-0.3, -0.25) is 4.79 Å². The fourth-order valence-electron chi connectivity index (χ4n) is 2.03. The molecular formula is C12H22N2O4. The van der Waals surface area contributed by atoms with Crippen LogP contribution in [-0.2, 0) is 9.53 Å². The predicted octanol–water partition coefficient (Wildman–Crippen LogP) is 0.494. The number of nitrogens with zero attached hydrogens (tertiary/aromatic N) is 1. The van der Waals surface area contributed by atoms with Crippen LogP contribution in [0.4, 0.5) is 4.79 Å². The van der Waals surface area contributed by atoms with Gasteiger partial charge in [-0.15, -0.1) is 0 Å². The number of hydrogen-bond donors (Lipinski definition) is 2. The van der Waals surface area contributed by atoms with Gasteiger partial charge in [-0.05, 0) is 27.2 Å². The Morgan fingerprint density at radius 3 is 2.33 bits per heavy atom. The first-order valence-corrected chi connectivity index (χ1v) is 6.05. The summed E-state index contributed by atoms with van der Waals surface area (Å²) < 4.78 is 5.23. The molecule has 1 fully saturated rings. The van der Waals surface area contributed by atoms with Crippen LogP contribution in [0.1, 0.15) is 34.1 Å². The van der Waals surface area contributed by atoms with Gasteiger partial charge in [0.1, 0.15) is 5.60 Å². The average molecular weight is 258 g/mol. The van der Waals surface area contributed by atoms with Crippen LogP contribution in [0.5, 0.6) is 0 Å². The molecule has 104 valence electrons. The summed E-state index contributed by atoms with van der Waals surface area (Å²) in [5.74, 6) is -0.160. The van der Waals surface area contributed by atoms with Gasteiger partial charge in [0.25, 0.3) is 0 Å². The molecule has 0 radical (unpaired) electrons. The first-order chi connectivity index (χ1) is 8.17. The lowest BCUT2D eigenvalue weighted by molar-refractivity contribution is -0.123. The van der Waals surface area contributed by atoms with Gasteiger partial charge >= 0.3 is 6.09 Å². The molecule has 0 spiro atoms. The zero-order valence-electron chi connectivity index (χ0n) is 11.4. The van der Waals surface area contributed by atoms with Crippen LogP contribution in [0, 0.1) is 0 Å². The zero-order valence-corrected chi connectivity index (χ0v) is 11.4. The van der Waals surface area contributed by atoms with Gasteiger partial charge in [0.2, 0.25) is 5.91 Å². The second-order valence-corrected chi connectivity index (χ2v) is 5.77. The molecule has 1 heterocycles. The number of carbonyl (C=O) groups is 2. The highest BCUT2D eigenvalue weighted by Crippen LogP contribution is 2.26. The summed E-state index contributed by atoms with van der Waals surface area (Å²) in [5.41, 5.74) is -1.03. The van der Waals surface area contributed by atoms with Gasteiger partial charge < -0.3 is 20.1 Å². The third-order valence-corrected chi connectivity index (χ3v) is 2.67. The van der Waals surface area contributed by atoms with Gasteiger partial charge in [-0.2, -0.15) is 0 Å². The monoisotopic (exact) mass is 258 g/mol.